The SMILES string of the molecule is CC(C)C(NC(=O)OC(C)(C)C)C(=O)N1CCC2C1C(c1c[nH]c3cc(F)ccc13)CN2c1ncccn1. The van der Waals surface area contributed by atoms with Crippen molar-refractivity contribution in [2.45, 2.75) is 70.7 Å². The fourth-order valence-electron chi connectivity index (χ4n) is 5.84. The van der Waals surface area contributed by atoms with E-state index in [9.17, 15) is 14.0 Å². The summed E-state index contributed by atoms with van der Waals surface area (Å²) in [5, 5.41) is 3.75. The molecule has 4 atom stereocenters. The molecule has 2 saturated heterocycles. The summed E-state index contributed by atoms with van der Waals surface area (Å²) in [6, 6.07) is 5.62. The highest BCUT2D eigenvalue weighted by atomic mass is 19.1. The van der Waals surface area contributed by atoms with Gasteiger partial charge in [-0.05, 0) is 62.9 Å². The number of anilines is 1. The number of carbonyl (C=O) groups is 2. The van der Waals surface area contributed by atoms with E-state index in [1.165, 1.54) is 12.1 Å². The Morgan fingerprint density at radius 1 is 1.21 bits per heavy atom. The molecule has 2 aromatic heterocycles. The molecule has 0 spiro atoms. The van der Waals surface area contributed by atoms with Crippen molar-refractivity contribution in [2.75, 3.05) is 18.0 Å². The lowest BCUT2D eigenvalue weighted by molar-refractivity contribution is -0.135. The van der Waals surface area contributed by atoms with Crippen LogP contribution in [0, 0.1) is 11.7 Å². The van der Waals surface area contributed by atoms with E-state index in [4.69, 9.17) is 4.74 Å². The van der Waals surface area contributed by atoms with Gasteiger partial charge in [0.15, 0.2) is 0 Å². The number of hydrogen-bond donors (Lipinski definition) is 2. The zero-order valence-electron chi connectivity index (χ0n) is 22.4. The van der Waals surface area contributed by atoms with E-state index in [-0.39, 0.29) is 35.6 Å². The Labute approximate surface area is 221 Å². The number of carbonyl (C=O) groups excluding carboxylic acids is 2. The molecule has 0 aliphatic carbocycles. The summed E-state index contributed by atoms with van der Waals surface area (Å²) in [4.78, 5) is 42.9. The first kappa shape index (κ1) is 25.9. The topological polar surface area (TPSA) is 103 Å². The Morgan fingerprint density at radius 2 is 1.95 bits per heavy atom. The van der Waals surface area contributed by atoms with Crippen LogP contribution in [0.4, 0.5) is 15.1 Å². The molecule has 3 aromatic rings. The molecule has 2 N–H and O–H groups in total. The summed E-state index contributed by atoms with van der Waals surface area (Å²) < 4.78 is 19.4. The Morgan fingerprint density at radius 3 is 2.63 bits per heavy atom. The van der Waals surface area contributed by atoms with Crippen molar-refractivity contribution < 1.29 is 18.7 Å². The van der Waals surface area contributed by atoms with Gasteiger partial charge in [0.2, 0.25) is 11.9 Å². The number of fused-ring (bicyclic) bond motifs is 2. The van der Waals surface area contributed by atoms with Crippen LogP contribution in [0.15, 0.2) is 42.9 Å². The minimum atomic E-state index is -0.733. The van der Waals surface area contributed by atoms with Crippen LogP contribution in [0.1, 0.15) is 52.5 Å². The standard InChI is InChI=1S/C28H35FN6O3/c1-16(2)23(33-27(37)38-28(3,4)5)25(36)34-12-9-22-24(34)20(15-35(22)26-30-10-6-11-31-26)19-14-32-21-13-17(29)7-8-18(19)21/h6-8,10-11,13-14,16,20,22-24,32H,9,12,15H2,1-5H3,(H,33,37). The van der Waals surface area contributed by atoms with Crippen LogP contribution in [-0.4, -0.2) is 68.7 Å². The van der Waals surface area contributed by atoms with Gasteiger partial charge in [-0.1, -0.05) is 13.8 Å². The van der Waals surface area contributed by atoms with E-state index in [0.29, 0.717) is 24.6 Å². The van der Waals surface area contributed by atoms with Gasteiger partial charge in [0.1, 0.15) is 17.5 Å². The highest BCUT2D eigenvalue weighted by Crippen LogP contribution is 2.44. The number of aromatic nitrogens is 3. The molecule has 2 fully saturated rings. The molecule has 2 amide bonds. The average Bonchev–Trinajstić information content (AvgIpc) is 3.55. The second-order valence-electron chi connectivity index (χ2n) is 11.5. The number of hydrogen-bond acceptors (Lipinski definition) is 6. The third kappa shape index (κ3) is 4.91. The number of rotatable bonds is 5. The van der Waals surface area contributed by atoms with Gasteiger partial charge in [-0.2, -0.15) is 0 Å². The van der Waals surface area contributed by atoms with Crippen molar-refractivity contribution >= 4 is 28.9 Å². The Kier molecular flexibility index (Phi) is 6.75. The molecule has 0 bridgehead atoms. The zero-order valence-corrected chi connectivity index (χ0v) is 22.4. The minimum Gasteiger partial charge on any atom is -0.444 e. The second kappa shape index (κ2) is 9.89. The Balaban J connectivity index is 1.49. The van der Waals surface area contributed by atoms with Crippen molar-refractivity contribution in [1.82, 2.24) is 25.2 Å². The van der Waals surface area contributed by atoms with Crippen molar-refractivity contribution in [3.05, 3.63) is 54.2 Å². The number of likely N-dealkylation sites (tertiary alicyclic amines) is 1. The zero-order chi connectivity index (χ0) is 27.2. The van der Waals surface area contributed by atoms with Crippen molar-refractivity contribution in [2.24, 2.45) is 5.92 Å². The number of halogens is 1. The van der Waals surface area contributed by atoms with E-state index in [2.05, 4.69) is 25.2 Å². The molecule has 9 nitrogen and oxygen atoms in total. The van der Waals surface area contributed by atoms with E-state index < -0.39 is 17.7 Å². The summed E-state index contributed by atoms with van der Waals surface area (Å²) in [6.07, 6.45) is 5.49. The molecule has 10 heteroatoms. The van der Waals surface area contributed by atoms with Crippen LogP contribution < -0.4 is 10.2 Å². The highest BCUT2D eigenvalue weighted by molar-refractivity contribution is 5.88. The van der Waals surface area contributed by atoms with Gasteiger partial charge in [-0.15, -0.1) is 0 Å². The lowest BCUT2D eigenvalue weighted by atomic mass is 9.90. The number of amides is 2. The summed E-state index contributed by atoms with van der Waals surface area (Å²) in [5.74, 6) is -0.0231. The van der Waals surface area contributed by atoms with Gasteiger partial charge in [-0.25, -0.2) is 19.2 Å². The van der Waals surface area contributed by atoms with Gasteiger partial charge in [-0.3, -0.25) is 4.79 Å². The van der Waals surface area contributed by atoms with Crippen LogP contribution in [0.3, 0.4) is 0 Å². The van der Waals surface area contributed by atoms with E-state index in [0.717, 1.165) is 17.4 Å². The predicted molar refractivity (Wildman–Crippen MR) is 142 cm³/mol. The predicted octanol–water partition coefficient (Wildman–Crippen LogP) is 4.22. The maximum absolute atomic E-state index is 14.0. The van der Waals surface area contributed by atoms with E-state index in [1.54, 1.807) is 45.3 Å². The smallest absolute Gasteiger partial charge is 0.408 e. The maximum atomic E-state index is 14.0. The number of ether oxygens (including phenoxy) is 1. The van der Waals surface area contributed by atoms with Gasteiger partial charge in [0.25, 0.3) is 0 Å². The monoisotopic (exact) mass is 522 g/mol. The molecular weight excluding hydrogens is 487 g/mol. The molecule has 4 heterocycles. The first-order chi connectivity index (χ1) is 18.0. The molecule has 0 radical (unpaired) electrons. The Bertz CT molecular complexity index is 1320. The third-order valence-corrected chi connectivity index (χ3v) is 7.40. The lowest BCUT2D eigenvalue weighted by Gasteiger charge is -2.33. The number of nitrogens with one attached hydrogen (secondary N) is 2. The number of benzene rings is 1. The molecule has 5 rings (SSSR count). The van der Waals surface area contributed by atoms with Crippen molar-refractivity contribution in [3.63, 3.8) is 0 Å². The summed E-state index contributed by atoms with van der Waals surface area (Å²) in [6.45, 7) is 10.4. The second-order valence-corrected chi connectivity index (χ2v) is 11.5. The number of alkyl carbamates (subject to hydrolysis) is 1. The highest BCUT2D eigenvalue weighted by Gasteiger charge is 2.53. The van der Waals surface area contributed by atoms with Gasteiger partial charge >= 0.3 is 6.09 Å². The molecule has 4 unspecified atom stereocenters. The van der Waals surface area contributed by atoms with Crippen LogP contribution in [0.2, 0.25) is 0 Å². The van der Waals surface area contributed by atoms with Gasteiger partial charge in [0, 0.05) is 48.5 Å². The van der Waals surface area contributed by atoms with E-state index >= 15 is 0 Å². The molecule has 2 aliphatic rings. The van der Waals surface area contributed by atoms with Crippen LogP contribution in [-0.2, 0) is 9.53 Å². The summed E-state index contributed by atoms with van der Waals surface area (Å²) >= 11 is 0. The number of H-pyrrole nitrogens is 1. The quantitative estimate of drug-likeness (QED) is 0.520. The third-order valence-electron chi connectivity index (χ3n) is 7.40. The average molecular weight is 523 g/mol. The molecule has 2 aliphatic heterocycles. The fourth-order valence-corrected chi connectivity index (χ4v) is 5.84. The van der Waals surface area contributed by atoms with Gasteiger partial charge in [0.05, 0.1) is 12.1 Å². The minimum absolute atomic E-state index is 0.00564. The summed E-state index contributed by atoms with van der Waals surface area (Å²) in [7, 11) is 0. The first-order valence-electron chi connectivity index (χ1n) is 13.1. The van der Waals surface area contributed by atoms with E-state index in [1.807, 2.05) is 24.9 Å². The number of aromatic amines is 1. The molecule has 1 aromatic carbocycles. The molecular formula is C28H35FN6O3. The summed E-state index contributed by atoms with van der Waals surface area (Å²) in [5.41, 5.74) is 1.07. The number of nitrogens with zero attached hydrogens (tertiary/aromatic N) is 4. The lowest BCUT2D eigenvalue weighted by Crippen LogP contribution is -2.54. The first-order valence-corrected chi connectivity index (χ1v) is 13.1. The molecule has 202 valence electrons. The van der Waals surface area contributed by atoms with Crippen LogP contribution in [0.5, 0.6) is 0 Å². The van der Waals surface area contributed by atoms with Crippen LogP contribution in [0.25, 0.3) is 10.9 Å². The van der Waals surface area contributed by atoms with Crippen molar-refractivity contribution in [1.29, 1.82) is 0 Å². The largest absolute Gasteiger partial charge is 0.444 e. The maximum Gasteiger partial charge on any atom is 0.408 e. The fraction of sp³-hybridized carbons (Fsp3) is 0.500. The van der Waals surface area contributed by atoms with Gasteiger partial charge < -0.3 is 24.8 Å². The van der Waals surface area contributed by atoms with Crippen molar-refractivity contribution in [3.8, 4) is 0 Å². The molecule has 0 saturated carbocycles. The molecule has 38 heavy (non-hydrogen) atoms. The Hall–Kier alpha value is -3.69. The van der Waals surface area contributed by atoms with Crippen LogP contribution >= 0.6 is 0 Å². The normalized spacial score (nSPS) is 22.1.